The fourth-order valence-electron chi connectivity index (χ4n) is 3.31. The van der Waals surface area contributed by atoms with Gasteiger partial charge in [-0.2, -0.15) is 0 Å². The number of halogens is 1. The highest BCUT2D eigenvalue weighted by molar-refractivity contribution is 6.20. The van der Waals surface area contributed by atoms with E-state index in [-0.39, 0.29) is 23.5 Å². The van der Waals surface area contributed by atoms with Gasteiger partial charge in [0.05, 0.1) is 36.3 Å². The Kier molecular flexibility index (Phi) is 10.5. The molecule has 0 aromatic heterocycles. The van der Waals surface area contributed by atoms with Crippen molar-refractivity contribution in [2.24, 2.45) is 5.16 Å². The van der Waals surface area contributed by atoms with E-state index in [4.69, 9.17) is 14.3 Å². The zero-order chi connectivity index (χ0) is 27.0. The molecule has 1 aromatic rings. The molecule has 1 aliphatic rings. The molecule has 2 rings (SSSR count). The van der Waals surface area contributed by atoms with E-state index in [9.17, 15) is 14.3 Å². The number of hydrogen-bond donors (Lipinski definition) is 1. The van der Waals surface area contributed by atoms with Crippen molar-refractivity contribution in [1.29, 1.82) is 0 Å². The summed E-state index contributed by atoms with van der Waals surface area (Å²) in [6, 6.07) is 4.07. The Hall–Kier alpha value is -3.37. The molecule has 1 aliphatic heterocycles. The summed E-state index contributed by atoms with van der Waals surface area (Å²) in [7, 11) is 3.16. The second-order valence-corrected chi connectivity index (χ2v) is 8.73. The second-order valence-electron chi connectivity index (χ2n) is 8.73. The maximum atomic E-state index is 14.2. The standard InChI is InChI=1S/C26H37FN4O5/c1-9-10-13-29(7)31-25(32)22(19(6)28-36-18(4)5)15-30(26(31)33)16-24(35-17(2)3)21-14-20(27)11-12-23(21)34-8/h9-12,14-18,26,33H,13H2,1-8H3/b10-9+,24-16-,28-19+. The fourth-order valence-corrected chi connectivity index (χ4v) is 3.31. The number of likely N-dealkylation sites (N-methyl/N-ethyl adjacent to an activating group) is 1. The molecule has 36 heavy (non-hydrogen) atoms. The molecule has 0 saturated carbocycles. The van der Waals surface area contributed by atoms with Gasteiger partial charge in [-0.25, -0.2) is 14.4 Å². The number of allylic oxidation sites excluding steroid dienone is 1. The lowest BCUT2D eigenvalue weighted by Gasteiger charge is -2.42. The highest BCUT2D eigenvalue weighted by Crippen LogP contribution is 2.31. The van der Waals surface area contributed by atoms with Crippen LogP contribution in [0.2, 0.25) is 0 Å². The van der Waals surface area contributed by atoms with Gasteiger partial charge in [0.15, 0.2) is 0 Å². The molecule has 198 valence electrons. The number of hydrogen-bond acceptors (Lipinski definition) is 8. The van der Waals surface area contributed by atoms with E-state index in [2.05, 4.69) is 5.16 Å². The molecule has 0 fully saturated rings. The number of carbonyl (C=O) groups is 1. The normalized spacial score (nSPS) is 17.5. The maximum Gasteiger partial charge on any atom is 0.275 e. The van der Waals surface area contributed by atoms with Gasteiger partial charge in [-0.3, -0.25) is 4.79 Å². The number of methoxy groups -OCH3 is 1. The molecule has 1 atom stereocenters. The van der Waals surface area contributed by atoms with E-state index in [1.54, 1.807) is 19.0 Å². The topological polar surface area (TPSA) is 87.1 Å². The minimum Gasteiger partial charge on any atom is -0.496 e. The Morgan fingerprint density at radius 1 is 1.28 bits per heavy atom. The number of aliphatic hydroxyl groups excluding tert-OH is 1. The quantitative estimate of drug-likeness (QED) is 0.210. The van der Waals surface area contributed by atoms with Crippen molar-refractivity contribution in [1.82, 2.24) is 14.9 Å². The molecule has 0 saturated heterocycles. The van der Waals surface area contributed by atoms with Gasteiger partial charge in [-0.15, -0.1) is 0 Å². The van der Waals surface area contributed by atoms with Crippen LogP contribution in [0.4, 0.5) is 4.39 Å². The average molecular weight is 505 g/mol. The van der Waals surface area contributed by atoms with Gasteiger partial charge >= 0.3 is 0 Å². The second kappa shape index (κ2) is 13.1. The van der Waals surface area contributed by atoms with E-state index in [1.807, 2.05) is 46.8 Å². The minimum atomic E-state index is -1.42. The minimum absolute atomic E-state index is 0.180. The molecule has 0 aliphatic carbocycles. The molecule has 10 heteroatoms. The van der Waals surface area contributed by atoms with Crippen LogP contribution in [-0.4, -0.2) is 70.9 Å². The molecule has 0 radical (unpaired) electrons. The molecular weight excluding hydrogens is 467 g/mol. The number of amides is 1. The van der Waals surface area contributed by atoms with Gasteiger partial charge in [-0.05, 0) is 59.7 Å². The Balaban J connectivity index is 2.68. The summed E-state index contributed by atoms with van der Waals surface area (Å²) in [4.78, 5) is 20.1. The zero-order valence-electron chi connectivity index (χ0n) is 22.2. The first-order valence-electron chi connectivity index (χ1n) is 11.8. The van der Waals surface area contributed by atoms with Gasteiger partial charge in [-0.1, -0.05) is 17.3 Å². The van der Waals surface area contributed by atoms with Crippen molar-refractivity contribution in [3.05, 3.63) is 59.7 Å². The molecule has 0 spiro atoms. The van der Waals surface area contributed by atoms with E-state index < -0.39 is 18.1 Å². The van der Waals surface area contributed by atoms with Gasteiger partial charge in [0.1, 0.15) is 23.4 Å². The zero-order valence-corrected chi connectivity index (χ0v) is 22.2. The number of oxime groups is 1. The van der Waals surface area contributed by atoms with E-state index in [1.165, 1.54) is 47.6 Å². The number of hydrazine groups is 1. The number of carbonyl (C=O) groups excluding carboxylic acids is 1. The Bertz CT molecular complexity index is 1040. The van der Waals surface area contributed by atoms with Crippen LogP contribution in [0.5, 0.6) is 5.75 Å². The smallest absolute Gasteiger partial charge is 0.275 e. The number of aliphatic hydroxyl groups is 1. The lowest BCUT2D eigenvalue weighted by Crippen LogP contribution is -2.58. The van der Waals surface area contributed by atoms with Crippen molar-refractivity contribution >= 4 is 17.4 Å². The summed E-state index contributed by atoms with van der Waals surface area (Å²) in [5.41, 5.74) is 0.894. The number of ether oxygens (including phenoxy) is 2. The Morgan fingerprint density at radius 2 is 1.97 bits per heavy atom. The van der Waals surface area contributed by atoms with Gasteiger partial charge < -0.3 is 24.3 Å². The van der Waals surface area contributed by atoms with E-state index >= 15 is 0 Å². The summed E-state index contributed by atoms with van der Waals surface area (Å²) >= 11 is 0. The summed E-state index contributed by atoms with van der Waals surface area (Å²) in [6.45, 7) is 11.2. The number of benzene rings is 1. The number of nitrogens with zero attached hydrogens (tertiary/aromatic N) is 4. The van der Waals surface area contributed by atoms with Gasteiger partial charge in [0, 0.05) is 19.8 Å². The lowest BCUT2D eigenvalue weighted by atomic mass is 10.1. The third-order valence-electron chi connectivity index (χ3n) is 5.02. The van der Waals surface area contributed by atoms with Crippen molar-refractivity contribution in [2.45, 2.75) is 60.1 Å². The van der Waals surface area contributed by atoms with Crippen LogP contribution in [0.1, 0.15) is 47.1 Å². The first-order valence-corrected chi connectivity index (χ1v) is 11.8. The largest absolute Gasteiger partial charge is 0.496 e. The van der Waals surface area contributed by atoms with Gasteiger partial charge in [0.25, 0.3) is 5.91 Å². The summed E-state index contributed by atoms with van der Waals surface area (Å²) in [5, 5.41) is 18.1. The molecular formula is C26H37FN4O5. The molecule has 1 amide bonds. The Labute approximate surface area is 212 Å². The van der Waals surface area contributed by atoms with Crippen LogP contribution in [-0.2, 0) is 14.4 Å². The van der Waals surface area contributed by atoms with Crippen molar-refractivity contribution in [2.75, 3.05) is 20.7 Å². The predicted molar refractivity (Wildman–Crippen MR) is 137 cm³/mol. The molecule has 0 bridgehead atoms. The number of rotatable bonds is 11. The van der Waals surface area contributed by atoms with Crippen LogP contribution in [0.15, 0.2) is 53.5 Å². The highest BCUT2D eigenvalue weighted by atomic mass is 19.1. The van der Waals surface area contributed by atoms with E-state index in [0.29, 0.717) is 23.6 Å². The average Bonchev–Trinajstić information content (AvgIpc) is 2.82. The summed E-state index contributed by atoms with van der Waals surface area (Å²) < 4.78 is 25.6. The van der Waals surface area contributed by atoms with Crippen LogP contribution in [0.3, 0.4) is 0 Å². The monoisotopic (exact) mass is 504 g/mol. The molecule has 1 N–H and O–H groups in total. The summed E-state index contributed by atoms with van der Waals surface area (Å²) in [5.74, 6) is -0.298. The molecule has 1 heterocycles. The fraction of sp³-hybridized carbons (Fsp3) is 0.462. The van der Waals surface area contributed by atoms with E-state index in [0.717, 1.165) is 0 Å². The predicted octanol–water partition coefficient (Wildman–Crippen LogP) is 4.09. The highest BCUT2D eigenvalue weighted by Gasteiger charge is 2.37. The molecule has 1 aromatic carbocycles. The van der Waals surface area contributed by atoms with Crippen LogP contribution in [0.25, 0.3) is 5.76 Å². The van der Waals surface area contributed by atoms with Crippen LogP contribution < -0.4 is 4.74 Å². The van der Waals surface area contributed by atoms with Gasteiger partial charge in [0.2, 0.25) is 6.35 Å². The van der Waals surface area contributed by atoms with Crippen LogP contribution in [0, 0.1) is 5.82 Å². The van der Waals surface area contributed by atoms with Crippen molar-refractivity contribution < 1.29 is 28.6 Å². The molecule has 1 unspecified atom stereocenters. The first-order chi connectivity index (χ1) is 17.0. The van der Waals surface area contributed by atoms with Crippen molar-refractivity contribution in [3.8, 4) is 5.75 Å². The third-order valence-corrected chi connectivity index (χ3v) is 5.02. The summed E-state index contributed by atoms with van der Waals surface area (Å²) in [6.07, 6.45) is 4.80. The molecule has 9 nitrogen and oxygen atoms in total. The Morgan fingerprint density at radius 3 is 2.56 bits per heavy atom. The van der Waals surface area contributed by atoms with Crippen molar-refractivity contribution in [3.63, 3.8) is 0 Å². The maximum absolute atomic E-state index is 14.2. The van der Waals surface area contributed by atoms with Crippen LogP contribution >= 0.6 is 0 Å². The third kappa shape index (κ3) is 7.32. The SMILES string of the molecule is C/C=C/CN(C)N1C(=O)C(/C(C)=N/OC(C)C)=CN(/C=C(\OC(C)C)c2cc(F)ccc2OC)C1O. The lowest BCUT2D eigenvalue weighted by molar-refractivity contribution is -0.189. The first kappa shape index (κ1) is 28.9.